The van der Waals surface area contributed by atoms with Crippen molar-refractivity contribution in [3.63, 3.8) is 0 Å². The topological polar surface area (TPSA) is 96.0 Å². The Morgan fingerprint density at radius 1 is 0.907 bits per heavy atom. The highest BCUT2D eigenvalue weighted by atomic mass is 32.2. The molecule has 8 nitrogen and oxygen atoms in total. The van der Waals surface area contributed by atoms with Crippen molar-refractivity contribution in [2.75, 3.05) is 30.8 Å². The number of carbonyl (C=O) groups is 2. The van der Waals surface area contributed by atoms with Crippen LogP contribution in [0.3, 0.4) is 0 Å². The van der Waals surface area contributed by atoms with Crippen LogP contribution in [0.4, 0.5) is 5.69 Å². The standard InChI is InChI=1S/C34H45N3O5S/c1-25(2)23-35-34(39)32(22-28-12-8-7-9-13-28)36(24-29-14-10-15-31(21-29)42-5)33(38)16-11-19-37(43(6,40)41)30-18-17-26(3)27(4)20-30/h7-10,12-15,17-18,20-21,25,32H,11,16,19,22-24H2,1-6H3,(H,35,39)/t32-/m0/s1. The van der Waals surface area contributed by atoms with Crippen LogP contribution in [0.15, 0.2) is 72.8 Å². The molecule has 0 aliphatic rings. The van der Waals surface area contributed by atoms with Crippen molar-refractivity contribution in [1.29, 1.82) is 0 Å². The van der Waals surface area contributed by atoms with Crippen molar-refractivity contribution in [2.45, 2.75) is 59.5 Å². The molecule has 3 rings (SSSR count). The van der Waals surface area contributed by atoms with Crippen LogP contribution >= 0.6 is 0 Å². The van der Waals surface area contributed by atoms with Gasteiger partial charge in [0.1, 0.15) is 11.8 Å². The molecule has 0 heterocycles. The Kier molecular flexibility index (Phi) is 12.2. The number of hydrogen-bond acceptors (Lipinski definition) is 5. The monoisotopic (exact) mass is 607 g/mol. The Bertz CT molecular complexity index is 1470. The summed E-state index contributed by atoms with van der Waals surface area (Å²) in [5, 5.41) is 3.03. The van der Waals surface area contributed by atoms with Gasteiger partial charge in [-0.1, -0.05) is 62.4 Å². The van der Waals surface area contributed by atoms with Crippen LogP contribution in [0.2, 0.25) is 0 Å². The number of methoxy groups -OCH3 is 1. The van der Waals surface area contributed by atoms with Gasteiger partial charge in [0.2, 0.25) is 21.8 Å². The first-order valence-electron chi connectivity index (χ1n) is 14.7. The second-order valence-corrected chi connectivity index (χ2v) is 13.3. The number of anilines is 1. The number of nitrogens with one attached hydrogen (secondary N) is 1. The summed E-state index contributed by atoms with van der Waals surface area (Å²) >= 11 is 0. The Hall–Kier alpha value is -3.85. The van der Waals surface area contributed by atoms with Gasteiger partial charge in [0.15, 0.2) is 0 Å². The largest absolute Gasteiger partial charge is 0.497 e. The van der Waals surface area contributed by atoms with E-state index < -0.39 is 16.1 Å². The minimum Gasteiger partial charge on any atom is -0.497 e. The summed E-state index contributed by atoms with van der Waals surface area (Å²) in [7, 11) is -1.99. The van der Waals surface area contributed by atoms with Crippen LogP contribution in [-0.2, 0) is 32.6 Å². The molecule has 0 fully saturated rings. The predicted molar refractivity (Wildman–Crippen MR) is 173 cm³/mol. The van der Waals surface area contributed by atoms with E-state index in [1.807, 2.05) is 94.4 Å². The van der Waals surface area contributed by atoms with Gasteiger partial charge in [-0.05, 0) is 72.7 Å². The molecule has 1 atom stereocenters. The number of sulfonamides is 1. The van der Waals surface area contributed by atoms with Crippen molar-refractivity contribution in [2.24, 2.45) is 5.92 Å². The lowest BCUT2D eigenvalue weighted by molar-refractivity contribution is -0.141. The molecule has 3 aromatic carbocycles. The normalized spacial score (nSPS) is 12.1. The molecule has 0 saturated heterocycles. The average molecular weight is 608 g/mol. The van der Waals surface area contributed by atoms with Crippen LogP contribution < -0.4 is 14.4 Å². The molecular weight excluding hydrogens is 562 g/mol. The SMILES string of the molecule is COc1cccc(CN(C(=O)CCCN(c2ccc(C)c(C)c2)S(C)(=O)=O)[C@@H](Cc2ccccc2)C(=O)NCC(C)C)c1. The zero-order valence-corrected chi connectivity index (χ0v) is 27.0. The third-order valence-electron chi connectivity index (χ3n) is 7.37. The van der Waals surface area contributed by atoms with E-state index in [0.717, 1.165) is 22.3 Å². The highest BCUT2D eigenvalue weighted by molar-refractivity contribution is 7.92. The molecule has 1 N–H and O–H groups in total. The third-order valence-corrected chi connectivity index (χ3v) is 8.57. The summed E-state index contributed by atoms with van der Waals surface area (Å²) in [5.41, 5.74) is 4.40. The number of amides is 2. The number of aryl methyl sites for hydroxylation is 2. The second kappa shape index (κ2) is 15.6. The zero-order chi connectivity index (χ0) is 31.6. The summed E-state index contributed by atoms with van der Waals surface area (Å²) in [6.07, 6.45) is 1.88. The van der Waals surface area contributed by atoms with Gasteiger partial charge in [-0.2, -0.15) is 0 Å². The van der Waals surface area contributed by atoms with Crippen LogP contribution in [0.1, 0.15) is 48.9 Å². The van der Waals surface area contributed by atoms with Crippen molar-refractivity contribution < 1.29 is 22.7 Å². The Morgan fingerprint density at radius 3 is 2.23 bits per heavy atom. The van der Waals surface area contributed by atoms with Gasteiger partial charge in [0, 0.05) is 32.5 Å². The van der Waals surface area contributed by atoms with E-state index >= 15 is 0 Å². The average Bonchev–Trinajstić information content (AvgIpc) is 2.97. The Morgan fingerprint density at radius 2 is 1.60 bits per heavy atom. The lowest BCUT2D eigenvalue weighted by Crippen LogP contribution is -2.51. The van der Waals surface area contributed by atoms with Gasteiger partial charge in [-0.3, -0.25) is 13.9 Å². The molecule has 232 valence electrons. The maximum atomic E-state index is 14.0. The fourth-order valence-corrected chi connectivity index (χ4v) is 5.79. The molecule has 0 aliphatic heterocycles. The Balaban J connectivity index is 1.90. The van der Waals surface area contributed by atoms with Gasteiger partial charge in [0.25, 0.3) is 0 Å². The van der Waals surface area contributed by atoms with Crippen LogP contribution in [0, 0.1) is 19.8 Å². The molecule has 0 saturated carbocycles. The van der Waals surface area contributed by atoms with Crippen LogP contribution in [-0.4, -0.2) is 57.6 Å². The van der Waals surface area contributed by atoms with E-state index in [1.54, 1.807) is 18.1 Å². The smallest absolute Gasteiger partial charge is 0.243 e. The minimum absolute atomic E-state index is 0.0730. The summed E-state index contributed by atoms with van der Waals surface area (Å²) in [6.45, 7) is 8.80. The summed E-state index contributed by atoms with van der Waals surface area (Å²) in [4.78, 5) is 29.3. The van der Waals surface area contributed by atoms with Gasteiger partial charge >= 0.3 is 0 Å². The number of carbonyl (C=O) groups excluding carboxylic acids is 2. The molecule has 3 aromatic rings. The summed E-state index contributed by atoms with van der Waals surface area (Å²) in [6, 6.07) is 21.9. The summed E-state index contributed by atoms with van der Waals surface area (Å²) < 4.78 is 32.2. The van der Waals surface area contributed by atoms with Gasteiger partial charge < -0.3 is 15.0 Å². The maximum absolute atomic E-state index is 14.0. The molecule has 0 unspecified atom stereocenters. The first-order chi connectivity index (χ1) is 20.4. The van der Waals surface area contributed by atoms with Gasteiger partial charge in [-0.25, -0.2) is 8.42 Å². The van der Waals surface area contributed by atoms with Crippen LogP contribution in [0.25, 0.3) is 0 Å². The highest BCUT2D eigenvalue weighted by Crippen LogP contribution is 2.23. The number of rotatable bonds is 15. The van der Waals surface area contributed by atoms with E-state index in [4.69, 9.17) is 4.74 Å². The number of benzene rings is 3. The molecule has 9 heteroatoms. The fraction of sp³-hybridized carbons (Fsp3) is 0.412. The molecule has 0 spiro atoms. The van der Waals surface area contributed by atoms with E-state index in [1.165, 1.54) is 10.6 Å². The van der Waals surface area contributed by atoms with Crippen molar-refractivity contribution in [3.05, 3.63) is 95.1 Å². The molecule has 2 amide bonds. The lowest BCUT2D eigenvalue weighted by atomic mass is 10.0. The Labute approximate surface area is 257 Å². The quantitative estimate of drug-likeness (QED) is 0.254. The van der Waals surface area contributed by atoms with Crippen molar-refractivity contribution in [3.8, 4) is 5.75 Å². The lowest BCUT2D eigenvalue weighted by Gasteiger charge is -2.32. The zero-order valence-electron chi connectivity index (χ0n) is 26.2. The van der Waals surface area contributed by atoms with Gasteiger partial charge in [0.05, 0.1) is 19.1 Å². The van der Waals surface area contributed by atoms with Gasteiger partial charge in [-0.15, -0.1) is 0 Å². The van der Waals surface area contributed by atoms with E-state index in [2.05, 4.69) is 5.32 Å². The second-order valence-electron chi connectivity index (χ2n) is 11.4. The predicted octanol–water partition coefficient (Wildman–Crippen LogP) is 5.27. The molecule has 43 heavy (non-hydrogen) atoms. The number of hydrogen-bond donors (Lipinski definition) is 1. The first-order valence-corrected chi connectivity index (χ1v) is 16.5. The fourth-order valence-electron chi connectivity index (χ4n) is 4.83. The van der Waals surface area contributed by atoms with E-state index in [9.17, 15) is 18.0 Å². The first kappa shape index (κ1) is 33.6. The third kappa shape index (κ3) is 10.1. The van der Waals surface area contributed by atoms with E-state index in [0.29, 0.717) is 30.8 Å². The summed E-state index contributed by atoms with van der Waals surface area (Å²) in [5.74, 6) is 0.459. The van der Waals surface area contributed by atoms with Crippen molar-refractivity contribution in [1.82, 2.24) is 10.2 Å². The molecular formula is C34H45N3O5S. The van der Waals surface area contributed by atoms with Crippen molar-refractivity contribution >= 4 is 27.5 Å². The number of ether oxygens (including phenoxy) is 1. The molecule has 0 aromatic heterocycles. The molecule has 0 radical (unpaired) electrons. The maximum Gasteiger partial charge on any atom is 0.243 e. The van der Waals surface area contributed by atoms with E-state index in [-0.39, 0.29) is 37.2 Å². The number of nitrogens with zero attached hydrogens (tertiary/aromatic N) is 2. The molecule has 0 aliphatic carbocycles. The highest BCUT2D eigenvalue weighted by Gasteiger charge is 2.30. The minimum atomic E-state index is -3.58. The van der Waals surface area contributed by atoms with Crippen LogP contribution in [0.5, 0.6) is 5.75 Å². The molecule has 0 bridgehead atoms.